The molecule has 0 aliphatic carbocycles. The molecule has 0 radical (unpaired) electrons. The molecule has 0 atom stereocenters. The first-order valence-electron chi connectivity index (χ1n) is 7.23. The maximum atomic E-state index is 12.2. The number of hydrogen-bond donors (Lipinski definition) is 1. The van der Waals surface area contributed by atoms with Crippen LogP contribution >= 0.6 is 0 Å². The third-order valence-corrected chi connectivity index (χ3v) is 3.27. The molecular formula is C16H13F3N2O4. The minimum atomic E-state index is -4.44. The summed E-state index contributed by atoms with van der Waals surface area (Å²) >= 11 is 0. The molecule has 0 spiro atoms. The largest absolute Gasteiger partial charge is 0.468 e. The van der Waals surface area contributed by atoms with Gasteiger partial charge in [0.15, 0.2) is 18.1 Å². The van der Waals surface area contributed by atoms with Gasteiger partial charge in [-0.1, -0.05) is 0 Å². The molecular weight excluding hydrogens is 341 g/mol. The van der Waals surface area contributed by atoms with Crippen LogP contribution in [0.25, 0.3) is 0 Å². The Balaban J connectivity index is 1.58. The molecule has 0 fully saturated rings. The van der Waals surface area contributed by atoms with Crippen molar-refractivity contribution < 1.29 is 32.2 Å². The Morgan fingerprint density at radius 1 is 1.20 bits per heavy atom. The number of fused-ring (bicyclic) bond motifs is 1. The van der Waals surface area contributed by atoms with E-state index in [9.17, 15) is 18.0 Å². The molecule has 0 unspecified atom stereocenters. The number of alkyl halides is 3. The Morgan fingerprint density at radius 3 is 2.80 bits per heavy atom. The van der Waals surface area contributed by atoms with E-state index in [2.05, 4.69) is 15.0 Å². The van der Waals surface area contributed by atoms with Gasteiger partial charge in [0.1, 0.15) is 0 Å². The lowest BCUT2D eigenvalue weighted by atomic mass is 10.2. The highest BCUT2D eigenvalue weighted by Crippen LogP contribution is 2.32. The summed E-state index contributed by atoms with van der Waals surface area (Å²) in [4.78, 5) is 15.9. The fourth-order valence-corrected chi connectivity index (χ4v) is 2.12. The summed E-state index contributed by atoms with van der Waals surface area (Å²) < 4.78 is 51.4. The lowest BCUT2D eigenvalue weighted by Crippen LogP contribution is -2.23. The summed E-state index contributed by atoms with van der Waals surface area (Å²) in [5.74, 6) is 0.538. The number of carbonyl (C=O) groups excluding carboxylic acids is 1. The van der Waals surface area contributed by atoms with Crippen LogP contribution in [-0.2, 0) is 6.54 Å². The number of amides is 1. The molecule has 1 aromatic carbocycles. The minimum absolute atomic E-state index is 0.109. The van der Waals surface area contributed by atoms with Gasteiger partial charge < -0.3 is 19.5 Å². The quantitative estimate of drug-likeness (QED) is 0.894. The molecule has 6 nitrogen and oxygen atoms in total. The number of nitrogens with zero attached hydrogens (tertiary/aromatic N) is 1. The van der Waals surface area contributed by atoms with E-state index in [1.165, 1.54) is 12.3 Å². The average molecular weight is 354 g/mol. The molecule has 0 saturated heterocycles. The molecule has 1 amide bonds. The zero-order valence-corrected chi connectivity index (χ0v) is 12.8. The van der Waals surface area contributed by atoms with Gasteiger partial charge in [0, 0.05) is 24.4 Å². The van der Waals surface area contributed by atoms with E-state index in [0.29, 0.717) is 22.6 Å². The number of pyridine rings is 1. The molecule has 0 saturated carbocycles. The summed E-state index contributed by atoms with van der Waals surface area (Å²) in [6.45, 7) is -1.21. The monoisotopic (exact) mass is 354 g/mol. The van der Waals surface area contributed by atoms with Gasteiger partial charge in [-0.3, -0.25) is 4.79 Å². The Hall–Kier alpha value is -2.97. The van der Waals surface area contributed by atoms with E-state index in [-0.39, 0.29) is 25.1 Å². The predicted molar refractivity (Wildman–Crippen MR) is 79.5 cm³/mol. The third-order valence-electron chi connectivity index (χ3n) is 3.27. The van der Waals surface area contributed by atoms with Crippen LogP contribution in [0.4, 0.5) is 13.2 Å². The van der Waals surface area contributed by atoms with E-state index < -0.39 is 12.8 Å². The second-order valence-electron chi connectivity index (χ2n) is 5.16. The van der Waals surface area contributed by atoms with Gasteiger partial charge in [-0.05, 0) is 29.8 Å². The first-order chi connectivity index (χ1) is 11.9. The lowest BCUT2D eigenvalue weighted by Gasteiger charge is -2.10. The molecule has 2 heterocycles. The molecule has 1 aliphatic rings. The molecule has 1 N–H and O–H groups in total. The Labute approximate surface area is 140 Å². The lowest BCUT2D eigenvalue weighted by molar-refractivity contribution is -0.154. The van der Waals surface area contributed by atoms with Gasteiger partial charge in [-0.2, -0.15) is 13.2 Å². The second kappa shape index (κ2) is 6.88. The number of rotatable bonds is 5. The Kier molecular flexibility index (Phi) is 4.64. The van der Waals surface area contributed by atoms with E-state index in [1.807, 2.05) is 0 Å². The van der Waals surface area contributed by atoms with Crippen molar-refractivity contribution in [3.63, 3.8) is 0 Å². The third kappa shape index (κ3) is 4.52. The van der Waals surface area contributed by atoms with Crippen molar-refractivity contribution in [2.24, 2.45) is 0 Å². The normalized spacial score (nSPS) is 12.8. The average Bonchev–Trinajstić information content (AvgIpc) is 3.05. The highest BCUT2D eigenvalue weighted by atomic mass is 19.4. The first kappa shape index (κ1) is 16.9. The van der Waals surface area contributed by atoms with Gasteiger partial charge in [0.25, 0.3) is 5.91 Å². The van der Waals surface area contributed by atoms with Crippen molar-refractivity contribution in [2.75, 3.05) is 13.4 Å². The summed E-state index contributed by atoms with van der Waals surface area (Å²) in [5.41, 5.74) is 0.938. The molecule has 1 aromatic heterocycles. The number of aromatic nitrogens is 1. The molecule has 9 heteroatoms. The Bertz CT molecular complexity index is 780. The van der Waals surface area contributed by atoms with Crippen LogP contribution in [0, 0.1) is 0 Å². The van der Waals surface area contributed by atoms with Crippen molar-refractivity contribution in [1.82, 2.24) is 10.3 Å². The van der Waals surface area contributed by atoms with E-state index in [1.54, 1.807) is 24.3 Å². The molecule has 3 rings (SSSR count). The van der Waals surface area contributed by atoms with E-state index >= 15 is 0 Å². The number of hydrogen-bond acceptors (Lipinski definition) is 5. The summed E-state index contributed by atoms with van der Waals surface area (Å²) in [5, 5.41) is 2.67. The fourth-order valence-electron chi connectivity index (χ4n) is 2.12. The van der Waals surface area contributed by atoms with Crippen LogP contribution in [0.2, 0.25) is 0 Å². The van der Waals surface area contributed by atoms with Crippen molar-refractivity contribution >= 4 is 5.91 Å². The first-order valence-corrected chi connectivity index (χ1v) is 7.23. The molecule has 132 valence electrons. The standard InChI is InChI=1S/C16H13F3N2O4/c17-16(18,19)8-23-14-5-10(3-4-20-14)7-21-15(22)11-1-2-12-13(6-11)25-9-24-12/h1-6H,7-9H2,(H,21,22). The minimum Gasteiger partial charge on any atom is -0.468 e. The van der Waals surface area contributed by atoms with Crippen LogP contribution in [-0.4, -0.2) is 30.5 Å². The maximum absolute atomic E-state index is 12.2. The number of ether oxygens (including phenoxy) is 3. The van der Waals surface area contributed by atoms with Crippen LogP contribution in [0.15, 0.2) is 36.5 Å². The van der Waals surface area contributed by atoms with Crippen molar-refractivity contribution in [1.29, 1.82) is 0 Å². The SMILES string of the molecule is O=C(NCc1ccnc(OCC(F)(F)F)c1)c1ccc2c(c1)OCO2. The summed E-state index contributed by atoms with van der Waals surface area (Å²) in [6.07, 6.45) is -3.13. The predicted octanol–water partition coefficient (Wildman–Crippen LogP) is 2.68. The van der Waals surface area contributed by atoms with E-state index in [4.69, 9.17) is 9.47 Å². The highest BCUT2D eigenvalue weighted by Gasteiger charge is 2.28. The van der Waals surface area contributed by atoms with Gasteiger partial charge in [0.05, 0.1) is 0 Å². The van der Waals surface area contributed by atoms with E-state index in [0.717, 1.165) is 0 Å². The molecule has 0 bridgehead atoms. The van der Waals surface area contributed by atoms with Gasteiger partial charge >= 0.3 is 6.18 Å². The van der Waals surface area contributed by atoms with Crippen molar-refractivity contribution in [2.45, 2.75) is 12.7 Å². The maximum Gasteiger partial charge on any atom is 0.422 e. The van der Waals surface area contributed by atoms with Gasteiger partial charge in [0.2, 0.25) is 12.7 Å². The van der Waals surface area contributed by atoms with Crippen molar-refractivity contribution in [3.05, 3.63) is 47.7 Å². The van der Waals surface area contributed by atoms with Crippen LogP contribution < -0.4 is 19.5 Å². The summed E-state index contributed by atoms with van der Waals surface area (Å²) in [7, 11) is 0. The fraction of sp³-hybridized carbons (Fsp3) is 0.250. The number of carbonyl (C=O) groups is 1. The summed E-state index contributed by atoms with van der Waals surface area (Å²) in [6, 6.07) is 7.69. The topological polar surface area (TPSA) is 69.7 Å². The van der Waals surface area contributed by atoms with Gasteiger partial charge in [-0.15, -0.1) is 0 Å². The number of nitrogens with one attached hydrogen (secondary N) is 1. The molecule has 1 aliphatic heterocycles. The number of benzene rings is 1. The van der Waals surface area contributed by atoms with Crippen LogP contribution in [0.3, 0.4) is 0 Å². The second-order valence-corrected chi connectivity index (χ2v) is 5.16. The zero-order chi connectivity index (χ0) is 17.9. The Morgan fingerprint density at radius 2 is 2.00 bits per heavy atom. The van der Waals surface area contributed by atoms with Gasteiger partial charge in [-0.25, -0.2) is 4.98 Å². The van der Waals surface area contributed by atoms with Crippen LogP contribution in [0.1, 0.15) is 15.9 Å². The highest BCUT2D eigenvalue weighted by molar-refractivity contribution is 5.94. The van der Waals surface area contributed by atoms with Crippen LogP contribution in [0.5, 0.6) is 17.4 Å². The molecule has 2 aromatic rings. The smallest absolute Gasteiger partial charge is 0.422 e. The zero-order valence-electron chi connectivity index (χ0n) is 12.8. The molecule has 25 heavy (non-hydrogen) atoms. The van der Waals surface area contributed by atoms with Crippen molar-refractivity contribution in [3.8, 4) is 17.4 Å². The number of halogens is 3.